The average Bonchev–Trinajstić information content (AvgIpc) is 3.07. The van der Waals surface area contributed by atoms with Crippen molar-refractivity contribution in [1.29, 1.82) is 0 Å². The molecular formula is C17H33N5O2. The van der Waals surface area contributed by atoms with Crippen LogP contribution in [0, 0.1) is 0 Å². The van der Waals surface area contributed by atoms with Crippen LogP contribution in [0.2, 0.25) is 0 Å². The lowest BCUT2D eigenvalue weighted by atomic mass is 9.88. The highest BCUT2D eigenvalue weighted by Crippen LogP contribution is 2.25. The summed E-state index contributed by atoms with van der Waals surface area (Å²) < 4.78 is 5.52. The number of guanidine groups is 1. The number of nitrogens with one attached hydrogen (secondary N) is 2. The number of likely N-dealkylation sites (N-methyl/N-ethyl adjacent to an activating group) is 1. The van der Waals surface area contributed by atoms with Crippen molar-refractivity contribution in [2.24, 2.45) is 4.99 Å². The van der Waals surface area contributed by atoms with E-state index in [-0.39, 0.29) is 17.5 Å². The maximum Gasteiger partial charge on any atom is 0.222 e. The average molecular weight is 339 g/mol. The molecule has 2 heterocycles. The van der Waals surface area contributed by atoms with E-state index >= 15 is 0 Å². The summed E-state index contributed by atoms with van der Waals surface area (Å²) in [5.41, 5.74) is 0.107. The van der Waals surface area contributed by atoms with Crippen LogP contribution in [0.3, 0.4) is 0 Å². The largest absolute Gasteiger partial charge is 0.381 e. The van der Waals surface area contributed by atoms with Gasteiger partial charge in [0.2, 0.25) is 5.91 Å². The molecule has 7 heteroatoms. The molecule has 1 amide bonds. The van der Waals surface area contributed by atoms with Crippen molar-refractivity contribution in [1.82, 2.24) is 20.4 Å². The van der Waals surface area contributed by atoms with Gasteiger partial charge in [-0.05, 0) is 33.4 Å². The van der Waals surface area contributed by atoms with Gasteiger partial charge in [-0.3, -0.25) is 9.79 Å². The molecule has 1 atom stereocenters. The van der Waals surface area contributed by atoms with Crippen molar-refractivity contribution in [2.45, 2.75) is 44.2 Å². The second-order valence-corrected chi connectivity index (χ2v) is 6.98. The van der Waals surface area contributed by atoms with Gasteiger partial charge in [-0.2, -0.15) is 0 Å². The number of amides is 1. The lowest BCUT2D eigenvalue weighted by molar-refractivity contribution is -0.129. The zero-order valence-electron chi connectivity index (χ0n) is 15.6. The number of ether oxygens (including phenoxy) is 1. The SMILES string of the molecule is CCC(=O)N1CCC(NC(=NC)NCC2(N(C)C)CCOCC2)C1. The van der Waals surface area contributed by atoms with Crippen molar-refractivity contribution >= 4 is 11.9 Å². The van der Waals surface area contributed by atoms with Crippen LogP contribution in [-0.4, -0.2) is 87.2 Å². The van der Waals surface area contributed by atoms with Gasteiger partial charge in [-0.1, -0.05) is 6.92 Å². The summed E-state index contributed by atoms with van der Waals surface area (Å²) in [6.07, 6.45) is 3.59. The minimum Gasteiger partial charge on any atom is -0.381 e. The first kappa shape index (κ1) is 19.0. The van der Waals surface area contributed by atoms with E-state index < -0.39 is 0 Å². The quantitative estimate of drug-likeness (QED) is 0.556. The Morgan fingerprint density at radius 3 is 2.67 bits per heavy atom. The molecule has 7 nitrogen and oxygen atoms in total. The number of carbonyl (C=O) groups is 1. The smallest absolute Gasteiger partial charge is 0.222 e. The molecule has 0 bridgehead atoms. The third-order valence-corrected chi connectivity index (χ3v) is 5.36. The summed E-state index contributed by atoms with van der Waals surface area (Å²) in [5.74, 6) is 1.05. The molecule has 0 aromatic carbocycles. The zero-order valence-corrected chi connectivity index (χ0v) is 15.6. The number of aliphatic imine (C=N–C) groups is 1. The van der Waals surface area contributed by atoms with Crippen LogP contribution in [0.5, 0.6) is 0 Å². The predicted molar refractivity (Wildman–Crippen MR) is 96.2 cm³/mol. The fraction of sp³-hybridized carbons (Fsp3) is 0.882. The maximum absolute atomic E-state index is 11.8. The molecular weight excluding hydrogens is 306 g/mol. The van der Waals surface area contributed by atoms with Crippen molar-refractivity contribution in [2.75, 3.05) is 54.0 Å². The van der Waals surface area contributed by atoms with Gasteiger partial charge in [0.25, 0.3) is 0 Å². The van der Waals surface area contributed by atoms with E-state index in [0.29, 0.717) is 6.42 Å². The van der Waals surface area contributed by atoms with Crippen LogP contribution in [-0.2, 0) is 9.53 Å². The standard InChI is InChI=1S/C17H33N5O2/c1-5-15(23)22-9-6-14(12-22)20-16(18-2)19-13-17(21(3)4)7-10-24-11-8-17/h14H,5-13H2,1-4H3,(H2,18,19,20). The van der Waals surface area contributed by atoms with Gasteiger partial charge in [-0.15, -0.1) is 0 Å². The first-order valence-electron chi connectivity index (χ1n) is 9.01. The van der Waals surface area contributed by atoms with Crippen molar-refractivity contribution in [3.63, 3.8) is 0 Å². The van der Waals surface area contributed by atoms with Gasteiger partial charge >= 0.3 is 0 Å². The Labute approximate surface area is 145 Å². The Morgan fingerprint density at radius 1 is 1.38 bits per heavy atom. The summed E-state index contributed by atoms with van der Waals surface area (Å²) in [4.78, 5) is 20.4. The Morgan fingerprint density at radius 2 is 2.08 bits per heavy atom. The molecule has 0 radical (unpaired) electrons. The molecule has 0 aromatic heterocycles. The molecule has 0 spiro atoms. The fourth-order valence-corrected chi connectivity index (χ4v) is 3.50. The molecule has 0 aromatic rings. The van der Waals surface area contributed by atoms with Crippen LogP contribution in [0.15, 0.2) is 4.99 Å². The third kappa shape index (κ3) is 4.60. The molecule has 2 aliphatic heterocycles. The monoisotopic (exact) mass is 339 g/mol. The molecule has 2 saturated heterocycles. The van der Waals surface area contributed by atoms with E-state index in [1.54, 1.807) is 7.05 Å². The van der Waals surface area contributed by atoms with Gasteiger partial charge in [0.15, 0.2) is 5.96 Å². The highest BCUT2D eigenvalue weighted by molar-refractivity contribution is 5.80. The molecule has 138 valence electrons. The normalized spacial score (nSPS) is 24.3. The minimum atomic E-state index is 0.107. The van der Waals surface area contributed by atoms with E-state index in [4.69, 9.17) is 4.74 Å². The Hall–Kier alpha value is -1.34. The highest BCUT2D eigenvalue weighted by Gasteiger charge is 2.35. The summed E-state index contributed by atoms with van der Waals surface area (Å²) in [6, 6.07) is 0.275. The van der Waals surface area contributed by atoms with E-state index in [1.165, 1.54) is 0 Å². The number of likely N-dealkylation sites (tertiary alicyclic amines) is 1. The Balaban J connectivity index is 1.85. The first-order valence-corrected chi connectivity index (χ1v) is 9.01. The molecule has 2 aliphatic rings. The van der Waals surface area contributed by atoms with Crippen LogP contribution < -0.4 is 10.6 Å². The lowest BCUT2D eigenvalue weighted by Crippen LogP contribution is -2.57. The summed E-state index contributed by atoms with van der Waals surface area (Å²) in [7, 11) is 6.06. The molecule has 2 fully saturated rings. The van der Waals surface area contributed by atoms with Crippen LogP contribution in [0.4, 0.5) is 0 Å². The molecule has 24 heavy (non-hydrogen) atoms. The zero-order chi connectivity index (χ0) is 17.6. The second kappa shape index (κ2) is 8.67. The van der Waals surface area contributed by atoms with E-state index in [1.807, 2.05) is 11.8 Å². The van der Waals surface area contributed by atoms with Crippen LogP contribution >= 0.6 is 0 Å². The number of hydrogen-bond acceptors (Lipinski definition) is 4. The second-order valence-electron chi connectivity index (χ2n) is 6.98. The number of rotatable bonds is 5. The minimum absolute atomic E-state index is 0.107. The van der Waals surface area contributed by atoms with Crippen LogP contribution in [0.1, 0.15) is 32.6 Å². The topological polar surface area (TPSA) is 69.2 Å². The van der Waals surface area contributed by atoms with Gasteiger partial charge in [0.1, 0.15) is 0 Å². The van der Waals surface area contributed by atoms with Crippen molar-refractivity contribution < 1.29 is 9.53 Å². The summed E-state index contributed by atoms with van der Waals surface area (Å²) in [6.45, 7) is 5.97. The molecule has 0 saturated carbocycles. The number of carbonyl (C=O) groups excluding carboxylic acids is 1. The Kier molecular flexibility index (Phi) is 6.86. The molecule has 2 N–H and O–H groups in total. The third-order valence-electron chi connectivity index (χ3n) is 5.36. The van der Waals surface area contributed by atoms with Gasteiger partial charge < -0.3 is 25.2 Å². The van der Waals surface area contributed by atoms with Crippen LogP contribution in [0.25, 0.3) is 0 Å². The Bertz CT molecular complexity index is 446. The number of nitrogens with zero attached hydrogens (tertiary/aromatic N) is 3. The van der Waals surface area contributed by atoms with E-state index in [0.717, 1.165) is 58.1 Å². The molecule has 0 aliphatic carbocycles. The predicted octanol–water partition coefficient (Wildman–Crippen LogP) is 0.273. The fourth-order valence-electron chi connectivity index (χ4n) is 3.50. The highest BCUT2D eigenvalue weighted by atomic mass is 16.5. The molecule has 2 rings (SSSR count). The lowest BCUT2D eigenvalue weighted by Gasteiger charge is -2.43. The van der Waals surface area contributed by atoms with E-state index in [9.17, 15) is 4.79 Å². The van der Waals surface area contributed by atoms with Gasteiger partial charge in [0, 0.05) is 57.9 Å². The maximum atomic E-state index is 11.8. The first-order chi connectivity index (χ1) is 11.5. The number of hydrogen-bond donors (Lipinski definition) is 2. The van der Waals surface area contributed by atoms with Crippen molar-refractivity contribution in [3.8, 4) is 0 Å². The van der Waals surface area contributed by atoms with Gasteiger partial charge in [0.05, 0.1) is 0 Å². The summed E-state index contributed by atoms with van der Waals surface area (Å²) >= 11 is 0. The van der Waals surface area contributed by atoms with Gasteiger partial charge in [-0.25, -0.2) is 0 Å². The van der Waals surface area contributed by atoms with E-state index in [2.05, 4.69) is 34.6 Å². The molecule has 1 unspecified atom stereocenters. The summed E-state index contributed by atoms with van der Waals surface area (Å²) in [5, 5.41) is 6.95. The van der Waals surface area contributed by atoms with Crippen molar-refractivity contribution in [3.05, 3.63) is 0 Å².